The van der Waals surface area contributed by atoms with Crippen LogP contribution in [0.2, 0.25) is 0 Å². The summed E-state index contributed by atoms with van der Waals surface area (Å²) < 4.78 is 0. The van der Waals surface area contributed by atoms with Crippen LogP contribution in [0, 0.1) is 5.92 Å². The molecule has 1 aliphatic heterocycles. The van der Waals surface area contributed by atoms with E-state index in [4.69, 9.17) is 5.11 Å². The van der Waals surface area contributed by atoms with Crippen LogP contribution < -0.4 is 5.32 Å². The van der Waals surface area contributed by atoms with Crippen molar-refractivity contribution in [3.8, 4) is 0 Å². The number of carboxylic acid groups (broad SMARTS) is 1. The van der Waals surface area contributed by atoms with Crippen LogP contribution in [0.15, 0.2) is 30.4 Å². The molecule has 1 heterocycles. The van der Waals surface area contributed by atoms with Crippen molar-refractivity contribution >= 4 is 11.7 Å². The number of fused-ring (bicyclic) bond motifs is 1. The Labute approximate surface area is 108 Å². The van der Waals surface area contributed by atoms with E-state index in [-0.39, 0.29) is 5.92 Å². The lowest BCUT2D eigenvalue weighted by Crippen LogP contribution is -2.33. The molecular weight excluding hydrogens is 226 g/mol. The fraction of sp³-hybridized carbons (Fsp3) is 0.400. The predicted molar refractivity (Wildman–Crippen MR) is 73.2 cm³/mol. The number of hydrogen-bond acceptors (Lipinski definition) is 2. The molecule has 18 heavy (non-hydrogen) atoms. The summed E-state index contributed by atoms with van der Waals surface area (Å²) in [6, 6.07) is 5.70. The van der Waals surface area contributed by atoms with E-state index in [1.54, 1.807) is 12.1 Å². The van der Waals surface area contributed by atoms with Crippen molar-refractivity contribution in [1.29, 1.82) is 0 Å². The van der Waals surface area contributed by atoms with Gasteiger partial charge in [-0.1, -0.05) is 19.1 Å². The Balaban J connectivity index is 2.51. The second-order valence-corrected chi connectivity index (χ2v) is 4.95. The maximum atomic E-state index is 11.1. The molecule has 1 aromatic rings. The van der Waals surface area contributed by atoms with Gasteiger partial charge in [-0.3, -0.25) is 0 Å². The number of nitrogens with one attached hydrogen (secondary N) is 1. The van der Waals surface area contributed by atoms with E-state index in [1.807, 2.05) is 19.1 Å². The molecule has 0 saturated heterocycles. The molecule has 0 aliphatic carbocycles. The number of hydrogen-bond donors (Lipinski definition) is 2. The first-order valence-corrected chi connectivity index (χ1v) is 6.31. The zero-order chi connectivity index (χ0) is 13.3. The lowest BCUT2D eigenvalue weighted by molar-refractivity contribution is 0.0696. The first-order valence-electron chi connectivity index (χ1n) is 6.31. The van der Waals surface area contributed by atoms with Crippen LogP contribution in [0.1, 0.15) is 42.6 Å². The Kier molecular flexibility index (Phi) is 3.41. The van der Waals surface area contributed by atoms with Crippen LogP contribution in [-0.2, 0) is 0 Å². The van der Waals surface area contributed by atoms with Gasteiger partial charge in [0.2, 0.25) is 0 Å². The Morgan fingerprint density at radius 2 is 2.11 bits per heavy atom. The van der Waals surface area contributed by atoms with E-state index in [2.05, 4.69) is 25.2 Å². The molecule has 2 N–H and O–H groups in total. The van der Waals surface area contributed by atoms with Gasteiger partial charge in [0.15, 0.2) is 0 Å². The largest absolute Gasteiger partial charge is 0.478 e. The van der Waals surface area contributed by atoms with Gasteiger partial charge in [0.25, 0.3) is 0 Å². The predicted octanol–water partition coefficient (Wildman–Crippen LogP) is 3.49. The summed E-state index contributed by atoms with van der Waals surface area (Å²) in [5, 5.41) is 12.5. The minimum Gasteiger partial charge on any atom is -0.478 e. The topological polar surface area (TPSA) is 49.3 Å². The number of allylic oxidation sites excluding steroid dienone is 2. The Morgan fingerprint density at radius 1 is 1.39 bits per heavy atom. The highest BCUT2D eigenvalue weighted by atomic mass is 16.4. The summed E-state index contributed by atoms with van der Waals surface area (Å²) in [4.78, 5) is 11.1. The molecule has 0 radical (unpaired) electrons. The molecule has 0 saturated carbocycles. The van der Waals surface area contributed by atoms with Crippen molar-refractivity contribution < 1.29 is 9.90 Å². The Bertz CT molecular complexity index is 493. The molecule has 96 valence electrons. The fourth-order valence-electron chi connectivity index (χ4n) is 2.56. The maximum absolute atomic E-state index is 11.1. The molecule has 2 rings (SSSR count). The number of benzene rings is 1. The third-order valence-electron chi connectivity index (χ3n) is 3.80. The lowest BCUT2D eigenvalue weighted by atomic mass is 9.78. The fourth-order valence-corrected chi connectivity index (χ4v) is 2.56. The van der Waals surface area contributed by atoms with Crippen LogP contribution in [0.4, 0.5) is 5.69 Å². The van der Waals surface area contributed by atoms with Gasteiger partial charge in [0, 0.05) is 17.6 Å². The van der Waals surface area contributed by atoms with Crippen LogP contribution in [0.25, 0.3) is 0 Å². The third kappa shape index (κ3) is 2.13. The Hall–Kier alpha value is -1.77. The van der Waals surface area contributed by atoms with Gasteiger partial charge in [-0.2, -0.15) is 0 Å². The van der Waals surface area contributed by atoms with Crippen LogP contribution >= 0.6 is 0 Å². The van der Waals surface area contributed by atoms with Crippen molar-refractivity contribution in [1.82, 2.24) is 0 Å². The number of carbonyl (C=O) groups is 1. The summed E-state index contributed by atoms with van der Waals surface area (Å²) in [5.41, 5.74) is 2.49. The first-order chi connectivity index (χ1) is 8.54. The highest BCUT2D eigenvalue weighted by Crippen LogP contribution is 2.39. The van der Waals surface area contributed by atoms with Gasteiger partial charge < -0.3 is 10.4 Å². The molecule has 0 bridgehead atoms. The maximum Gasteiger partial charge on any atom is 0.335 e. The summed E-state index contributed by atoms with van der Waals surface area (Å²) in [5.74, 6) is -0.151. The van der Waals surface area contributed by atoms with Crippen LogP contribution in [0.3, 0.4) is 0 Å². The highest BCUT2D eigenvalue weighted by Gasteiger charge is 2.29. The number of aromatic carboxylic acids is 1. The minimum atomic E-state index is -0.872. The van der Waals surface area contributed by atoms with Crippen molar-refractivity contribution in [2.24, 2.45) is 5.92 Å². The van der Waals surface area contributed by atoms with E-state index in [0.717, 1.165) is 11.3 Å². The standard InChI is InChI=1S/C15H19NO2/c1-4-5-12-9(2)10(3)16-14-7-6-11(15(17)18)8-13(12)14/h4-10,12,16H,1-3H3,(H,17,18)/b5-4-. The lowest BCUT2D eigenvalue weighted by Gasteiger charge is -2.36. The zero-order valence-electron chi connectivity index (χ0n) is 11.0. The second kappa shape index (κ2) is 4.84. The highest BCUT2D eigenvalue weighted by molar-refractivity contribution is 5.88. The summed E-state index contributed by atoms with van der Waals surface area (Å²) in [7, 11) is 0. The monoisotopic (exact) mass is 245 g/mol. The number of rotatable bonds is 2. The minimum absolute atomic E-state index is 0.278. The Morgan fingerprint density at radius 3 is 2.72 bits per heavy atom. The smallest absolute Gasteiger partial charge is 0.335 e. The van der Waals surface area contributed by atoms with Gasteiger partial charge >= 0.3 is 5.97 Å². The summed E-state index contributed by atoms with van der Waals surface area (Å²) in [6.07, 6.45) is 4.20. The van der Waals surface area contributed by atoms with E-state index in [9.17, 15) is 4.79 Å². The molecule has 3 unspecified atom stereocenters. The third-order valence-corrected chi connectivity index (χ3v) is 3.80. The van der Waals surface area contributed by atoms with Gasteiger partial charge in [-0.15, -0.1) is 0 Å². The van der Waals surface area contributed by atoms with E-state index >= 15 is 0 Å². The summed E-state index contributed by atoms with van der Waals surface area (Å²) >= 11 is 0. The molecule has 0 fully saturated rings. The van der Waals surface area contributed by atoms with E-state index in [0.29, 0.717) is 17.5 Å². The van der Waals surface area contributed by atoms with Gasteiger partial charge in [-0.05, 0) is 43.5 Å². The van der Waals surface area contributed by atoms with Crippen molar-refractivity contribution in [3.05, 3.63) is 41.5 Å². The SMILES string of the molecule is C/C=C\C1c2cc(C(=O)O)ccc2NC(C)C1C. The van der Waals surface area contributed by atoms with E-state index < -0.39 is 5.97 Å². The van der Waals surface area contributed by atoms with E-state index in [1.165, 1.54) is 0 Å². The van der Waals surface area contributed by atoms with Crippen LogP contribution in [0.5, 0.6) is 0 Å². The average Bonchev–Trinajstić information content (AvgIpc) is 2.34. The molecule has 0 spiro atoms. The van der Waals surface area contributed by atoms with Gasteiger partial charge in [-0.25, -0.2) is 4.79 Å². The molecular formula is C15H19NO2. The first kappa shape index (κ1) is 12.7. The summed E-state index contributed by atoms with van der Waals surface area (Å²) in [6.45, 7) is 6.36. The quantitative estimate of drug-likeness (QED) is 0.784. The molecule has 0 aromatic heterocycles. The molecule has 3 heteroatoms. The van der Waals surface area contributed by atoms with Crippen molar-refractivity contribution in [2.45, 2.75) is 32.7 Å². The van der Waals surface area contributed by atoms with Crippen LogP contribution in [-0.4, -0.2) is 17.1 Å². The van der Waals surface area contributed by atoms with Gasteiger partial charge in [0.05, 0.1) is 5.56 Å². The molecule has 0 amide bonds. The average molecular weight is 245 g/mol. The van der Waals surface area contributed by atoms with Crippen molar-refractivity contribution in [3.63, 3.8) is 0 Å². The number of carboxylic acids is 1. The second-order valence-electron chi connectivity index (χ2n) is 4.95. The van der Waals surface area contributed by atoms with Gasteiger partial charge in [0.1, 0.15) is 0 Å². The molecule has 1 aliphatic rings. The number of anilines is 1. The molecule has 3 atom stereocenters. The van der Waals surface area contributed by atoms with Crippen molar-refractivity contribution in [2.75, 3.05) is 5.32 Å². The molecule has 3 nitrogen and oxygen atoms in total. The molecule has 1 aromatic carbocycles. The normalized spacial score (nSPS) is 26.7. The zero-order valence-corrected chi connectivity index (χ0v) is 11.0.